The first-order valence-corrected chi connectivity index (χ1v) is 8.67. The van der Waals surface area contributed by atoms with Gasteiger partial charge < -0.3 is 9.47 Å². The molecule has 6 heteroatoms. The number of carbonyl (C=O) groups is 1. The molecule has 1 atom stereocenters. The fourth-order valence-electron chi connectivity index (χ4n) is 2.89. The number of hydrazine groups is 1. The van der Waals surface area contributed by atoms with E-state index in [1.54, 1.807) is 55.7 Å². The van der Waals surface area contributed by atoms with Crippen LogP contribution in [-0.2, 0) is 16.1 Å². The van der Waals surface area contributed by atoms with Crippen LogP contribution in [0.15, 0.2) is 84.0 Å². The van der Waals surface area contributed by atoms with Crippen molar-refractivity contribution in [1.29, 1.82) is 0 Å². The smallest absolute Gasteiger partial charge is 0.268 e. The van der Waals surface area contributed by atoms with Crippen LogP contribution in [0, 0.1) is 0 Å². The summed E-state index contributed by atoms with van der Waals surface area (Å²) in [7, 11) is 1.56. The van der Waals surface area contributed by atoms with E-state index < -0.39 is 12.0 Å². The Kier molecular flexibility index (Phi) is 6.07. The second kappa shape index (κ2) is 8.86. The Morgan fingerprint density at radius 3 is 2.57 bits per heavy atom. The van der Waals surface area contributed by atoms with Gasteiger partial charge >= 0.3 is 0 Å². The number of allylic oxidation sites excluding steroid dienone is 2. The summed E-state index contributed by atoms with van der Waals surface area (Å²) in [5, 5.41) is 1.08. The van der Waals surface area contributed by atoms with E-state index >= 15 is 0 Å². The van der Waals surface area contributed by atoms with Crippen molar-refractivity contribution < 1.29 is 19.1 Å². The topological polar surface area (TPSA) is 81.9 Å². The monoisotopic (exact) mass is 376 g/mol. The first-order chi connectivity index (χ1) is 13.6. The molecule has 6 nitrogen and oxygen atoms in total. The van der Waals surface area contributed by atoms with E-state index in [0.717, 1.165) is 10.6 Å². The van der Waals surface area contributed by atoms with Gasteiger partial charge in [-0.2, -0.15) is 0 Å². The van der Waals surface area contributed by atoms with Gasteiger partial charge in [-0.1, -0.05) is 42.5 Å². The third kappa shape index (κ3) is 4.20. The summed E-state index contributed by atoms with van der Waals surface area (Å²) in [6, 6.07) is 16.3. The number of methoxy groups -OCH3 is 1. The van der Waals surface area contributed by atoms with Crippen LogP contribution in [-0.4, -0.2) is 30.1 Å². The normalized spacial score (nSPS) is 15.4. The molecule has 1 aliphatic rings. The van der Waals surface area contributed by atoms with E-state index in [1.165, 1.54) is 0 Å². The second-order valence-electron chi connectivity index (χ2n) is 6.09. The second-order valence-corrected chi connectivity index (χ2v) is 6.09. The first kappa shape index (κ1) is 19.2. The molecule has 0 fully saturated rings. The van der Waals surface area contributed by atoms with Crippen molar-refractivity contribution in [2.75, 3.05) is 7.11 Å². The van der Waals surface area contributed by atoms with Crippen molar-refractivity contribution in [3.63, 3.8) is 0 Å². The Bertz CT molecular complexity index is 960. The SMILES string of the molecule is COc1ccccc1CN(N)C(=O)C1=CC=CC(=C=O)C1Oc1ccccc1. The molecular formula is C22H20N2O4. The molecule has 1 amide bonds. The number of ether oxygens (including phenoxy) is 2. The Morgan fingerprint density at radius 2 is 1.86 bits per heavy atom. The number of para-hydroxylation sites is 2. The van der Waals surface area contributed by atoms with E-state index in [4.69, 9.17) is 15.3 Å². The van der Waals surface area contributed by atoms with Gasteiger partial charge in [-0.15, -0.1) is 0 Å². The predicted octanol–water partition coefficient (Wildman–Crippen LogP) is 2.60. The van der Waals surface area contributed by atoms with Gasteiger partial charge in [0.2, 0.25) is 0 Å². The zero-order valence-electron chi connectivity index (χ0n) is 15.4. The van der Waals surface area contributed by atoms with E-state index in [1.807, 2.05) is 30.2 Å². The van der Waals surface area contributed by atoms with Crippen molar-refractivity contribution in [3.8, 4) is 11.5 Å². The summed E-state index contributed by atoms with van der Waals surface area (Å²) in [6.45, 7) is 0.141. The average Bonchev–Trinajstić information content (AvgIpc) is 2.74. The van der Waals surface area contributed by atoms with Crippen LogP contribution >= 0.6 is 0 Å². The van der Waals surface area contributed by atoms with Crippen LogP contribution in [0.3, 0.4) is 0 Å². The van der Waals surface area contributed by atoms with Gasteiger partial charge in [-0.3, -0.25) is 9.80 Å². The van der Waals surface area contributed by atoms with Crippen LogP contribution in [0.1, 0.15) is 5.56 Å². The van der Waals surface area contributed by atoms with Crippen molar-refractivity contribution in [1.82, 2.24) is 5.01 Å². The first-order valence-electron chi connectivity index (χ1n) is 8.67. The van der Waals surface area contributed by atoms with Crippen LogP contribution < -0.4 is 15.3 Å². The van der Waals surface area contributed by atoms with Crippen LogP contribution in [0.2, 0.25) is 0 Å². The lowest BCUT2D eigenvalue weighted by atomic mass is 9.96. The summed E-state index contributed by atoms with van der Waals surface area (Å²) < 4.78 is 11.2. The Balaban J connectivity index is 1.84. The molecular weight excluding hydrogens is 356 g/mol. The molecule has 28 heavy (non-hydrogen) atoms. The summed E-state index contributed by atoms with van der Waals surface area (Å²) in [6.07, 6.45) is 3.88. The number of hydrogen-bond acceptors (Lipinski definition) is 5. The quantitative estimate of drug-likeness (QED) is 0.363. The summed E-state index contributed by atoms with van der Waals surface area (Å²) in [5.41, 5.74) is 1.24. The number of nitrogens with zero attached hydrogens (tertiary/aromatic N) is 1. The molecule has 2 aromatic rings. The summed E-state index contributed by atoms with van der Waals surface area (Å²) in [4.78, 5) is 24.4. The lowest BCUT2D eigenvalue weighted by Crippen LogP contribution is -2.42. The molecule has 0 radical (unpaired) electrons. The molecule has 0 aromatic heterocycles. The fraction of sp³-hybridized carbons (Fsp3) is 0.136. The number of hydrogen-bond donors (Lipinski definition) is 1. The summed E-state index contributed by atoms with van der Waals surface area (Å²) in [5.74, 6) is 8.60. The Labute approximate surface area is 163 Å². The molecule has 0 bridgehead atoms. The molecule has 2 N–H and O–H groups in total. The van der Waals surface area contributed by atoms with Crippen LogP contribution in [0.25, 0.3) is 0 Å². The standard InChI is InChI=1S/C22H20N2O4/c1-27-20-13-6-5-8-16(20)14-24(23)22(26)19-12-7-9-17(15-25)21(19)28-18-10-3-2-4-11-18/h2-13,21H,14,23H2,1H3. The van der Waals surface area contributed by atoms with Gasteiger partial charge in [0.1, 0.15) is 17.4 Å². The number of benzene rings is 2. The predicted molar refractivity (Wildman–Crippen MR) is 105 cm³/mol. The third-order valence-electron chi connectivity index (χ3n) is 4.27. The molecule has 0 aliphatic heterocycles. The van der Waals surface area contributed by atoms with Crippen molar-refractivity contribution in [2.45, 2.75) is 12.6 Å². The van der Waals surface area contributed by atoms with Gasteiger partial charge in [-0.25, -0.2) is 10.6 Å². The molecule has 1 aliphatic carbocycles. The zero-order chi connectivity index (χ0) is 19.9. The molecule has 2 aromatic carbocycles. The van der Waals surface area contributed by atoms with Gasteiger partial charge in [0.25, 0.3) is 5.91 Å². The van der Waals surface area contributed by atoms with Gasteiger partial charge in [-0.05, 0) is 30.4 Å². The van der Waals surface area contributed by atoms with Crippen LogP contribution in [0.5, 0.6) is 11.5 Å². The van der Waals surface area contributed by atoms with Gasteiger partial charge in [0, 0.05) is 5.56 Å². The van der Waals surface area contributed by atoms with Crippen molar-refractivity contribution in [2.24, 2.45) is 5.84 Å². The largest absolute Gasteiger partial charge is 0.496 e. The fourth-order valence-corrected chi connectivity index (χ4v) is 2.89. The number of nitrogens with two attached hydrogens (primary N) is 1. The number of amides is 1. The Hall–Kier alpha value is -3.60. The van der Waals surface area contributed by atoms with Crippen molar-refractivity contribution in [3.05, 3.63) is 89.5 Å². The average molecular weight is 376 g/mol. The third-order valence-corrected chi connectivity index (χ3v) is 4.27. The van der Waals surface area contributed by atoms with Crippen LogP contribution in [0.4, 0.5) is 0 Å². The minimum Gasteiger partial charge on any atom is -0.496 e. The summed E-state index contributed by atoms with van der Waals surface area (Å²) >= 11 is 0. The molecule has 3 rings (SSSR count). The minimum atomic E-state index is -0.888. The Morgan fingerprint density at radius 1 is 1.14 bits per heavy atom. The maximum absolute atomic E-state index is 13.0. The van der Waals surface area contributed by atoms with Gasteiger partial charge in [0.15, 0.2) is 6.10 Å². The van der Waals surface area contributed by atoms with E-state index in [-0.39, 0.29) is 17.7 Å². The number of carbonyl (C=O) groups excluding carboxylic acids is 2. The molecule has 0 saturated carbocycles. The number of rotatable bonds is 6. The highest BCUT2D eigenvalue weighted by Crippen LogP contribution is 2.26. The highest BCUT2D eigenvalue weighted by atomic mass is 16.5. The minimum absolute atomic E-state index is 0.141. The lowest BCUT2D eigenvalue weighted by molar-refractivity contribution is -0.128. The van der Waals surface area contributed by atoms with E-state index in [9.17, 15) is 9.59 Å². The molecule has 0 spiro atoms. The molecule has 0 saturated heterocycles. The highest BCUT2D eigenvalue weighted by molar-refractivity contribution is 5.96. The highest BCUT2D eigenvalue weighted by Gasteiger charge is 2.30. The maximum Gasteiger partial charge on any atom is 0.268 e. The van der Waals surface area contributed by atoms with E-state index in [2.05, 4.69) is 0 Å². The molecule has 0 heterocycles. The molecule has 1 unspecified atom stereocenters. The van der Waals surface area contributed by atoms with Crippen molar-refractivity contribution >= 4 is 11.8 Å². The maximum atomic E-state index is 13.0. The lowest BCUT2D eigenvalue weighted by Gasteiger charge is -2.26. The zero-order valence-corrected chi connectivity index (χ0v) is 15.4. The van der Waals surface area contributed by atoms with E-state index in [0.29, 0.717) is 11.5 Å². The molecule has 142 valence electrons. The van der Waals surface area contributed by atoms with Gasteiger partial charge in [0.05, 0.1) is 24.8 Å².